The summed E-state index contributed by atoms with van der Waals surface area (Å²) in [4.78, 5) is 19.1. The maximum atomic E-state index is 12.0. The number of aryl methyl sites for hydroxylation is 1. The second-order valence-corrected chi connectivity index (χ2v) is 6.33. The van der Waals surface area contributed by atoms with E-state index in [4.69, 9.17) is 11.6 Å². The van der Waals surface area contributed by atoms with E-state index in [1.807, 2.05) is 37.4 Å². The normalized spacial score (nSPS) is 10.5. The molecule has 0 unspecified atom stereocenters. The summed E-state index contributed by atoms with van der Waals surface area (Å²) >= 11 is 5.99. The van der Waals surface area contributed by atoms with Crippen molar-refractivity contribution in [2.24, 2.45) is 0 Å². The van der Waals surface area contributed by atoms with Crippen molar-refractivity contribution in [1.29, 1.82) is 0 Å². The highest BCUT2D eigenvalue weighted by atomic mass is 35.5. The number of halogens is 1. The minimum Gasteiger partial charge on any atom is -0.348 e. The minimum absolute atomic E-state index is 0.261. The van der Waals surface area contributed by atoms with Crippen LogP contribution in [0.3, 0.4) is 0 Å². The number of carbonyl (C=O) groups is 1. The highest BCUT2D eigenvalue weighted by molar-refractivity contribution is 6.31. The third-order valence-corrected chi connectivity index (χ3v) is 3.94. The highest BCUT2D eigenvalue weighted by Gasteiger charge is 2.04. The van der Waals surface area contributed by atoms with Crippen LogP contribution in [0.25, 0.3) is 0 Å². The number of nitrogens with zero attached hydrogens (tertiary/aromatic N) is 1. The van der Waals surface area contributed by atoms with Gasteiger partial charge in [-0.3, -0.25) is 0 Å². The highest BCUT2D eigenvalue weighted by Crippen LogP contribution is 2.18. The number of H-pyrrole nitrogens is 1. The third-order valence-electron chi connectivity index (χ3n) is 3.73. The fourth-order valence-corrected chi connectivity index (χ4v) is 2.83. The minimum atomic E-state index is -0.261. The number of hydrogen-bond donors (Lipinski definition) is 3. The molecule has 0 aliphatic heterocycles. The summed E-state index contributed by atoms with van der Waals surface area (Å²) in [7, 11) is 0. The van der Waals surface area contributed by atoms with E-state index in [2.05, 4.69) is 32.7 Å². The zero-order valence-electron chi connectivity index (χ0n) is 13.8. The van der Waals surface area contributed by atoms with Crippen LogP contribution in [0.1, 0.15) is 22.4 Å². The summed E-state index contributed by atoms with van der Waals surface area (Å²) in [6.45, 7) is 2.38. The van der Waals surface area contributed by atoms with Crippen molar-refractivity contribution in [1.82, 2.24) is 15.3 Å². The van der Waals surface area contributed by atoms with Crippen molar-refractivity contribution >= 4 is 23.3 Å². The van der Waals surface area contributed by atoms with Crippen molar-refractivity contribution in [2.45, 2.75) is 19.9 Å². The van der Waals surface area contributed by atoms with Crippen LogP contribution >= 0.6 is 11.6 Å². The second-order valence-electron chi connectivity index (χ2n) is 5.90. The average Bonchev–Trinajstić information content (AvgIpc) is 3.06. The maximum Gasteiger partial charge on any atom is 0.319 e. The number of imidazole rings is 1. The lowest BCUT2D eigenvalue weighted by Gasteiger charge is -2.09. The molecule has 0 aliphatic carbocycles. The van der Waals surface area contributed by atoms with Crippen LogP contribution in [0.15, 0.2) is 55.0 Å². The molecule has 3 aromatic rings. The van der Waals surface area contributed by atoms with Gasteiger partial charge >= 0.3 is 6.03 Å². The van der Waals surface area contributed by atoms with Gasteiger partial charge in [0.15, 0.2) is 0 Å². The Bertz CT molecular complexity index is 824. The SMILES string of the molecule is Cc1cc(Cl)cc(NC(=O)NCc2ccc(Cc3cnc[nH]3)cc2)c1. The number of aromatic nitrogens is 2. The monoisotopic (exact) mass is 354 g/mol. The largest absolute Gasteiger partial charge is 0.348 e. The Hall–Kier alpha value is -2.79. The molecule has 1 aromatic heterocycles. The van der Waals surface area contributed by atoms with Crippen molar-refractivity contribution in [3.05, 3.63) is 82.4 Å². The Morgan fingerprint density at radius 2 is 1.92 bits per heavy atom. The molecule has 3 N–H and O–H groups in total. The molecule has 2 aromatic carbocycles. The predicted molar refractivity (Wildman–Crippen MR) is 99.9 cm³/mol. The van der Waals surface area contributed by atoms with E-state index in [0.29, 0.717) is 17.3 Å². The van der Waals surface area contributed by atoms with Crippen molar-refractivity contribution < 1.29 is 4.79 Å². The van der Waals surface area contributed by atoms with Gasteiger partial charge in [0.25, 0.3) is 0 Å². The van der Waals surface area contributed by atoms with Gasteiger partial charge in [-0.2, -0.15) is 0 Å². The van der Waals surface area contributed by atoms with Crippen LogP contribution in [-0.4, -0.2) is 16.0 Å². The lowest BCUT2D eigenvalue weighted by Crippen LogP contribution is -2.28. The molecule has 0 atom stereocenters. The molecule has 25 heavy (non-hydrogen) atoms. The molecule has 0 saturated heterocycles. The van der Waals surface area contributed by atoms with E-state index < -0.39 is 0 Å². The summed E-state index contributed by atoms with van der Waals surface area (Å²) in [6.07, 6.45) is 4.30. The molecule has 0 saturated carbocycles. The van der Waals surface area contributed by atoms with Gasteiger partial charge in [-0.1, -0.05) is 35.9 Å². The Labute approximate surface area is 151 Å². The third kappa shape index (κ3) is 5.09. The van der Waals surface area contributed by atoms with Crippen LogP contribution in [0.2, 0.25) is 5.02 Å². The Balaban J connectivity index is 1.51. The van der Waals surface area contributed by atoms with Crippen LogP contribution in [0.4, 0.5) is 10.5 Å². The Kier molecular flexibility index (Phi) is 5.36. The fraction of sp³-hybridized carbons (Fsp3) is 0.158. The number of nitrogens with one attached hydrogen (secondary N) is 3. The average molecular weight is 355 g/mol. The van der Waals surface area contributed by atoms with Gasteiger partial charge in [-0.25, -0.2) is 9.78 Å². The lowest BCUT2D eigenvalue weighted by atomic mass is 10.1. The number of anilines is 1. The summed E-state index contributed by atoms with van der Waals surface area (Å²) in [5.41, 5.74) is 4.97. The maximum absolute atomic E-state index is 12.0. The smallest absolute Gasteiger partial charge is 0.319 e. The van der Waals surface area contributed by atoms with E-state index in [-0.39, 0.29) is 6.03 Å². The molecular weight excluding hydrogens is 336 g/mol. The fourth-order valence-electron chi connectivity index (χ4n) is 2.54. The van der Waals surface area contributed by atoms with Crippen LogP contribution in [0, 0.1) is 6.92 Å². The first-order chi connectivity index (χ1) is 12.1. The number of aromatic amines is 1. The van der Waals surface area contributed by atoms with Gasteiger partial charge in [0, 0.05) is 35.6 Å². The first-order valence-electron chi connectivity index (χ1n) is 7.95. The number of urea groups is 1. The topological polar surface area (TPSA) is 69.8 Å². The number of rotatable bonds is 5. The molecule has 0 aliphatic rings. The van der Waals surface area contributed by atoms with Crippen molar-refractivity contribution in [3.8, 4) is 0 Å². The summed E-state index contributed by atoms with van der Waals surface area (Å²) in [5.74, 6) is 0. The standard InChI is InChI=1S/C19H19ClN4O/c1-13-6-16(20)9-17(7-13)24-19(25)22-10-15-4-2-14(3-5-15)8-18-11-21-12-23-18/h2-7,9,11-12H,8,10H2,1H3,(H,21,23)(H2,22,24,25). The summed E-state index contributed by atoms with van der Waals surface area (Å²) < 4.78 is 0. The van der Waals surface area contributed by atoms with E-state index in [1.54, 1.807) is 12.4 Å². The molecule has 0 bridgehead atoms. The zero-order valence-corrected chi connectivity index (χ0v) is 14.6. The van der Waals surface area contributed by atoms with Crippen LogP contribution in [0.5, 0.6) is 0 Å². The molecule has 2 amide bonds. The molecule has 0 fully saturated rings. The van der Waals surface area contributed by atoms with Crippen LogP contribution < -0.4 is 10.6 Å². The zero-order chi connectivity index (χ0) is 17.6. The molecule has 6 heteroatoms. The van der Waals surface area contributed by atoms with Crippen molar-refractivity contribution in [3.63, 3.8) is 0 Å². The molecule has 3 rings (SSSR count). The first kappa shape index (κ1) is 17.0. The molecule has 128 valence electrons. The van der Waals surface area contributed by atoms with E-state index in [0.717, 1.165) is 23.2 Å². The number of hydrogen-bond acceptors (Lipinski definition) is 2. The summed E-state index contributed by atoms with van der Waals surface area (Å²) in [5, 5.41) is 6.23. The van der Waals surface area contributed by atoms with Gasteiger partial charge in [0.1, 0.15) is 0 Å². The van der Waals surface area contributed by atoms with Gasteiger partial charge in [0.2, 0.25) is 0 Å². The van der Waals surface area contributed by atoms with E-state index in [1.165, 1.54) is 5.56 Å². The Morgan fingerprint density at radius 3 is 2.60 bits per heavy atom. The van der Waals surface area contributed by atoms with Gasteiger partial charge in [0.05, 0.1) is 6.33 Å². The van der Waals surface area contributed by atoms with Gasteiger partial charge < -0.3 is 15.6 Å². The first-order valence-corrected chi connectivity index (χ1v) is 8.33. The van der Waals surface area contributed by atoms with Gasteiger partial charge in [-0.05, 0) is 41.8 Å². The number of amides is 2. The Morgan fingerprint density at radius 1 is 1.16 bits per heavy atom. The molecular formula is C19H19ClN4O. The van der Waals surface area contributed by atoms with E-state index in [9.17, 15) is 4.79 Å². The lowest BCUT2D eigenvalue weighted by molar-refractivity contribution is 0.251. The second kappa shape index (κ2) is 7.85. The predicted octanol–water partition coefficient (Wildman–Crippen LogP) is 4.28. The molecule has 1 heterocycles. The van der Waals surface area contributed by atoms with Gasteiger partial charge in [-0.15, -0.1) is 0 Å². The van der Waals surface area contributed by atoms with E-state index >= 15 is 0 Å². The summed E-state index contributed by atoms with van der Waals surface area (Å²) in [6, 6.07) is 13.3. The number of carbonyl (C=O) groups excluding carboxylic acids is 1. The number of benzene rings is 2. The quantitative estimate of drug-likeness (QED) is 0.640. The molecule has 5 nitrogen and oxygen atoms in total. The molecule has 0 radical (unpaired) electrons. The molecule has 0 spiro atoms. The van der Waals surface area contributed by atoms with Crippen LogP contribution in [-0.2, 0) is 13.0 Å². The van der Waals surface area contributed by atoms with Crippen molar-refractivity contribution in [2.75, 3.05) is 5.32 Å².